The zero-order valence-corrected chi connectivity index (χ0v) is 26.4. The molecule has 9 aromatic rings. The molecule has 4 heteroatoms. The second-order valence-corrected chi connectivity index (χ2v) is 13.0. The van der Waals surface area contributed by atoms with E-state index in [4.69, 9.17) is 0 Å². The van der Waals surface area contributed by atoms with Crippen LogP contribution in [0.3, 0.4) is 0 Å². The SMILES string of the molecule is C=Cc1[nH]c2ccc(-n3c4c(c5c3ccc3c6ccccc6n(-c6ccc7[nH]c8ccccc8c7c6)c35)CCCC4)cc2c1/C=C\C. The number of rotatable bonds is 4. The van der Waals surface area contributed by atoms with Gasteiger partial charge in [-0.3, -0.25) is 0 Å². The summed E-state index contributed by atoms with van der Waals surface area (Å²) in [6.07, 6.45) is 10.8. The number of benzene rings is 5. The lowest BCUT2D eigenvalue weighted by atomic mass is 9.94. The molecule has 226 valence electrons. The van der Waals surface area contributed by atoms with Crippen LogP contribution in [0.1, 0.15) is 42.3 Å². The fourth-order valence-electron chi connectivity index (χ4n) is 8.49. The van der Waals surface area contributed by atoms with Gasteiger partial charge in [0.15, 0.2) is 0 Å². The molecular formula is C43H34N4. The molecule has 0 spiro atoms. The molecule has 5 aromatic carbocycles. The number of nitrogens with one attached hydrogen (secondary N) is 2. The molecule has 4 heterocycles. The van der Waals surface area contributed by atoms with Gasteiger partial charge in [-0.25, -0.2) is 0 Å². The number of aromatic amines is 2. The molecule has 0 atom stereocenters. The van der Waals surface area contributed by atoms with Crippen molar-refractivity contribution in [1.29, 1.82) is 0 Å². The second kappa shape index (κ2) is 9.88. The first kappa shape index (κ1) is 26.5. The maximum atomic E-state index is 4.07. The monoisotopic (exact) mass is 606 g/mol. The van der Waals surface area contributed by atoms with Crippen molar-refractivity contribution in [2.45, 2.75) is 32.6 Å². The van der Waals surface area contributed by atoms with Gasteiger partial charge < -0.3 is 19.1 Å². The molecule has 47 heavy (non-hydrogen) atoms. The molecular weight excluding hydrogens is 573 g/mol. The Balaban J connectivity index is 1.32. The third-order valence-corrected chi connectivity index (χ3v) is 10.5. The van der Waals surface area contributed by atoms with Gasteiger partial charge in [-0.1, -0.05) is 61.2 Å². The van der Waals surface area contributed by atoms with Gasteiger partial charge in [-0.2, -0.15) is 0 Å². The van der Waals surface area contributed by atoms with Gasteiger partial charge in [0.1, 0.15) is 0 Å². The van der Waals surface area contributed by atoms with Crippen molar-refractivity contribution in [2.75, 3.05) is 0 Å². The van der Waals surface area contributed by atoms with Crippen molar-refractivity contribution in [3.63, 3.8) is 0 Å². The molecule has 0 saturated carbocycles. The molecule has 1 aliphatic rings. The van der Waals surface area contributed by atoms with E-state index >= 15 is 0 Å². The van der Waals surface area contributed by atoms with Crippen molar-refractivity contribution in [3.8, 4) is 11.4 Å². The number of hydrogen-bond acceptors (Lipinski definition) is 0. The van der Waals surface area contributed by atoms with E-state index in [0.717, 1.165) is 24.1 Å². The Bertz CT molecular complexity index is 2770. The minimum atomic E-state index is 1.06. The van der Waals surface area contributed by atoms with Crippen LogP contribution in [0.25, 0.3) is 88.9 Å². The first-order valence-corrected chi connectivity index (χ1v) is 16.7. The number of H-pyrrole nitrogens is 2. The summed E-state index contributed by atoms with van der Waals surface area (Å²) < 4.78 is 5.09. The second-order valence-electron chi connectivity index (χ2n) is 13.0. The van der Waals surface area contributed by atoms with E-state index in [0.29, 0.717) is 0 Å². The smallest absolute Gasteiger partial charge is 0.0637 e. The van der Waals surface area contributed by atoms with Crippen LogP contribution in [0.4, 0.5) is 0 Å². The van der Waals surface area contributed by atoms with E-state index in [1.165, 1.54) is 101 Å². The maximum absolute atomic E-state index is 4.07. The summed E-state index contributed by atoms with van der Waals surface area (Å²) in [5.41, 5.74) is 14.9. The lowest BCUT2D eigenvalue weighted by Crippen LogP contribution is -2.06. The molecule has 4 aromatic heterocycles. The highest BCUT2D eigenvalue weighted by Gasteiger charge is 2.26. The quantitative estimate of drug-likeness (QED) is 0.200. The van der Waals surface area contributed by atoms with Crippen molar-refractivity contribution in [1.82, 2.24) is 19.1 Å². The topological polar surface area (TPSA) is 41.4 Å². The molecule has 1 aliphatic carbocycles. The van der Waals surface area contributed by atoms with Crippen LogP contribution in [0.2, 0.25) is 0 Å². The largest absolute Gasteiger partial charge is 0.355 e. The van der Waals surface area contributed by atoms with E-state index in [9.17, 15) is 0 Å². The summed E-state index contributed by atoms with van der Waals surface area (Å²) in [7, 11) is 0. The van der Waals surface area contributed by atoms with Gasteiger partial charge in [0.05, 0.1) is 16.6 Å². The summed E-state index contributed by atoms with van der Waals surface area (Å²) in [6, 6.07) is 36.1. The lowest BCUT2D eigenvalue weighted by molar-refractivity contribution is 0.667. The van der Waals surface area contributed by atoms with Crippen LogP contribution < -0.4 is 0 Å². The highest BCUT2D eigenvalue weighted by Crippen LogP contribution is 2.44. The van der Waals surface area contributed by atoms with Crippen molar-refractivity contribution < 1.29 is 0 Å². The minimum absolute atomic E-state index is 1.06. The number of nitrogens with zero attached hydrogens (tertiary/aromatic N) is 2. The molecule has 0 fully saturated rings. The maximum Gasteiger partial charge on any atom is 0.0637 e. The van der Waals surface area contributed by atoms with Crippen LogP contribution in [0, 0.1) is 0 Å². The van der Waals surface area contributed by atoms with Gasteiger partial charge >= 0.3 is 0 Å². The van der Waals surface area contributed by atoms with Crippen LogP contribution in [0.15, 0.2) is 110 Å². The van der Waals surface area contributed by atoms with E-state index in [1.54, 1.807) is 0 Å². The first-order valence-electron chi connectivity index (χ1n) is 16.7. The van der Waals surface area contributed by atoms with Crippen LogP contribution in [-0.4, -0.2) is 19.1 Å². The van der Waals surface area contributed by atoms with Crippen LogP contribution in [-0.2, 0) is 12.8 Å². The molecule has 0 bridgehead atoms. The third kappa shape index (κ3) is 3.64. The van der Waals surface area contributed by atoms with Crippen molar-refractivity contribution in [2.24, 2.45) is 0 Å². The molecule has 10 rings (SSSR count). The van der Waals surface area contributed by atoms with E-state index in [1.807, 2.05) is 6.08 Å². The molecule has 0 unspecified atom stereocenters. The standard InChI is InChI=1S/C43H34N4/c1-3-11-28-33-24-26(18-21-37(33)44-35(28)4-2)46-40-17-10-7-14-32(40)42-41(46)23-20-31-30-13-6-9-16-39(30)47(43(31)42)27-19-22-38-34(25-27)29-12-5-8-15-36(29)45-38/h3-6,8-9,11-13,15-16,18-25,44-45H,2,7,10,14,17H2,1H3/b11-3-. The summed E-state index contributed by atoms with van der Waals surface area (Å²) in [5, 5.41) is 7.74. The van der Waals surface area contributed by atoms with E-state index in [-0.39, 0.29) is 0 Å². The predicted molar refractivity (Wildman–Crippen MR) is 200 cm³/mol. The molecule has 2 N–H and O–H groups in total. The summed E-state index contributed by atoms with van der Waals surface area (Å²) in [6.45, 7) is 6.15. The minimum Gasteiger partial charge on any atom is -0.355 e. The van der Waals surface area contributed by atoms with Gasteiger partial charge in [0, 0.05) is 77.2 Å². The average Bonchev–Trinajstić information content (AvgIpc) is 3.85. The summed E-state index contributed by atoms with van der Waals surface area (Å²) in [4.78, 5) is 7.20. The predicted octanol–water partition coefficient (Wildman–Crippen LogP) is 11.4. The van der Waals surface area contributed by atoms with Gasteiger partial charge in [0.25, 0.3) is 0 Å². The fourth-order valence-corrected chi connectivity index (χ4v) is 8.49. The van der Waals surface area contributed by atoms with Gasteiger partial charge in [0.2, 0.25) is 0 Å². The number of para-hydroxylation sites is 2. The number of fused-ring (bicyclic) bond motifs is 11. The Kier molecular flexibility index (Phi) is 5.56. The molecule has 0 aliphatic heterocycles. The summed E-state index contributed by atoms with van der Waals surface area (Å²) >= 11 is 0. The number of aromatic nitrogens is 4. The number of aryl methyl sites for hydroxylation is 1. The Labute approximate surface area is 272 Å². The first-order chi connectivity index (χ1) is 23.2. The Morgan fingerprint density at radius 3 is 2.21 bits per heavy atom. The van der Waals surface area contributed by atoms with Crippen LogP contribution >= 0.6 is 0 Å². The molecule has 0 saturated heterocycles. The lowest BCUT2D eigenvalue weighted by Gasteiger charge is -2.16. The van der Waals surface area contributed by atoms with E-state index in [2.05, 4.69) is 142 Å². The van der Waals surface area contributed by atoms with Crippen molar-refractivity contribution >= 4 is 77.6 Å². The third-order valence-electron chi connectivity index (χ3n) is 10.5. The number of hydrogen-bond donors (Lipinski definition) is 2. The summed E-state index contributed by atoms with van der Waals surface area (Å²) in [5.74, 6) is 0. The fraction of sp³-hybridized carbons (Fsp3) is 0.116. The highest BCUT2D eigenvalue weighted by molar-refractivity contribution is 6.20. The van der Waals surface area contributed by atoms with Gasteiger partial charge in [-0.05, 0) is 98.8 Å². The zero-order chi connectivity index (χ0) is 31.2. The van der Waals surface area contributed by atoms with Gasteiger partial charge in [-0.15, -0.1) is 0 Å². The van der Waals surface area contributed by atoms with Crippen LogP contribution in [0.5, 0.6) is 0 Å². The van der Waals surface area contributed by atoms with Crippen molar-refractivity contribution in [3.05, 3.63) is 132 Å². The molecule has 0 radical (unpaired) electrons. The Morgan fingerprint density at radius 1 is 0.638 bits per heavy atom. The molecule has 0 amide bonds. The normalized spacial score (nSPS) is 13.7. The van der Waals surface area contributed by atoms with E-state index < -0.39 is 0 Å². The zero-order valence-electron chi connectivity index (χ0n) is 26.4. The number of allylic oxidation sites excluding steroid dienone is 1. The highest BCUT2D eigenvalue weighted by atomic mass is 15.0. The Hall–Kier alpha value is -5.74. The Morgan fingerprint density at radius 2 is 1.36 bits per heavy atom. The average molecular weight is 607 g/mol. The molecule has 4 nitrogen and oxygen atoms in total.